The normalized spacial score (nSPS) is 16.1. The molecule has 0 spiro atoms. The summed E-state index contributed by atoms with van der Waals surface area (Å²) in [5, 5.41) is 2.59. The summed E-state index contributed by atoms with van der Waals surface area (Å²) in [6.07, 6.45) is 4.53. The number of benzene rings is 1. The zero-order valence-corrected chi connectivity index (χ0v) is 9.29. The van der Waals surface area contributed by atoms with Crippen LogP contribution in [0.25, 0.3) is 10.8 Å². The van der Waals surface area contributed by atoms with Crippen molar-refractivity contribution in [3.63, 3.8) is 0 Å². The van der Waals surface area contributed by atoms with Crippen LogP contribution >= 0.6 is 15.9 Å². The molecule has 0 unspecified atom stereocenters. The van der Waals surface area contributed by atoms with Gasteiger partial charge in [0.05, 0.1) is 5.69 Å². The molecule has 1 aromatic heterocycles. The van der Waals surface area contributed by atoms with Gasteiger partial charge in [-0.05, 0) is 34.2 Å². The zero-order chi connectivity index (χ0) is 9.54. The van der Waals surface area contributed by atoms with Gasteiger partial charge in [0.1, 0.15) is 0 Å². The monoisotopic (exact) mass is 247 g/mol. The van der Waals surface area contributed by atoms with Crippen molar-refractivity contribution in [1.82, 2.24) is 4.98 Å². The highest BCUT2D eigenvalue weighted by molar-refractivity contribution is 9.10. The summed E-state index contributed by atoms with van der Waals surface area (Å²) < 4.78 is 1.09. The standard InChI is InChI=1S/C12H10BrN/c13-11-7-14-12(8-5-6-8)10-4-2-1-3-9(10)11/h1-4,7-8H,5-6H2. The number of rotatable bonds is 1. The maximum Gasteiger partial charge on any atom is 0.0513 e. The first-order valence-corrected chi connectivity index (χ1v) is 5.68. The van der Waals surface area contributed by atoms with Crippen molar-refractivity contribution in [2.75, 3.05) is 0 Å². The van der Waals surface area contributed by atoms with Crippen molar-refractivity contribution >= 4 is 26.7 Å². The van der Waals surface area contributed by atoms with Crippen LogP contribution < -0.4 is 0 Å². The summed E-state index contributed by atoms with van der Waals surface area (Å²) in [4.78, 5) is 4.52. The van der Waals surface area contributed by atoms with E-state index >= 15 is 0 Å². The van der Waals surface area contributed by atoms with Crippen LogP contribution in [0.3, 0.4) is 0 Å². The molecule has 0 bridgehead atoms. The predicted octanol–water partition coefficient (Wildman–Crippen LogP) is 3.87. The maximum absolute atomic E-state index is 4.52. The Morgan fingerprint density at radius 1 is 1.14 bits per heavy atom. The van der Waals surface area contributed by atoms with Crippen LogP contribution in [0.4, 0.5) is 0 Å². The Balaban J connectivity index is 2.35. The Morgan fingerprint density at radius 2 is 1.86 bits per heavy atom. The number of hydrogen-bond acceptors (Lipinski definition) is 1. The maximum atomic E-state index is 4.52. The zero-order valence-electron chi connectivity index (χ0n) is 7.70. The lowest BCUT2D eigenvalue weighted by Gasteiger charge is -2.05. The lowest BCUT2D eigenvalue weighted by atomic mass is 10.1. The second-order valence-electron chi connectivity index (χ2n) is 3.81. The van der Waals surface area contributed by atoms with Crippen molar-refractivity contribution in [2.45, 2.75) is 18.8 Å². The average Bonchev–Trinajstić information content (AvgIpc) is 3.03. The summed E-state index contributed by atoms with van der Waals surface area (Å²) in [6.45, 7) is 0. The molecule has 0 aliphatic heterocycles. The molecular formula is C12H10BrN. The van der Waals surface area contributed by atoms with Gasteiger partial charge in [0.15, 0.2) is 0 Å². The van der Waals surface area contributed by atoms with Crippen molar-refractivity contribution in [2.24, 2.45) is 0 Å². The van der Waals surface area contributed by atoms with E-state index in [-0.39, 0.29) is 0 Å². The molecule has 2 heteroatoms. The van der Waals surface area contributed by atoms with Crippen molar-refractivity contribution in [3.8, 4) is 0 Å². The first-order valence-electron chi connectivity index (χ1n) is 4.89. The Morgan fingerprint density at radius 3 is 2.57 bits per heavy atom. The van der Waals surface area contributed by atoms with E-state index in [0.29, 0.717) is 5.92 Å². The minimum atomic E-state index is 0.716. The quantitative estimate of drug-likeness (QED) is 0.746. The van der Waals surface area contributed by atoms with Gasteiger partial charge in [-0.3, -0.25) is 4.98 Å². The molecule has 1 aliphatic carbocycles. The van der Waals surface area contributed by atoms with Gasteiger partial charge < -0.3 is 0 Å². The van der Waals surface area contributed by atoms with E-state index < -0.39 is 0 Å². The van der Waals surface area contributed by atoms with E-state index in [1.165, 1.54) is 29.3 Å². The molecule has 1 aromatic carbocycles. The average molecular weight is 248 g/mol. The first kappa shape index (κ1) is 8.42. The molecular weight excluding hydrogens is 238 g/mol. The van der Waals surface area contributed by atoms with Gasteiger partial charge in [0, 0.05) is 22.0 Å². The summed E-state index contributed by atoms with van der Waals surface area (Å²) in [5.41, 5.74) is 1.28. The third-order valence-electron chi connectivity index (χ3n) is 2.74. The van der Waals surface area contributed by atoms with E-state index in [0.717, 1.165) is 4.47 Å². The lowest BCUT2D eigenvalue weighted by Crippen LogP contribution is -1.88. The molecule has 0 radical (unpaired) electrons. The number of halogens is 1. The van der Waals surface area contributed by atoms with E-state index in [1.54, 1.807) is 0 Å². The highest BCUT2D eigenvalue weighted by atomic mass is 79.9. The third kappa shape index (κ3) is 1.25. The molecule has 1 saturated carbocycles. The molecule has 70 valence electrons. The van der Waals surface area contributed by atoms with Gasteiger partial charge in [-0.25, -0.2) is 0 Å². The second kappa shape index (κ2) is 3.06. The topological polar surface area (TPSA) is 12.9 Å². The van der Waals surface area contributed by atoms with Crippen LogP contribution in [0.15, 0.2) is 34.9 Å². The highest BCUT2D eigenvalue weighted by Gasteiger charge is 2.26. The van der Waals surface area contributed by atoms with Gasteiger partial charge in [-0.1, -0.05) is 24.3 Å². The molecule has 2 aromatic rings. The number of aromatic nitrogens is 1. The highest BCUT2D eigenvalue weighted by Crippen LogP contribution is 2.42. The molecule has 1 aliphatic rings. The fourth-order valence-corrected chi connectivity index (χ4v) is 2.31. The van der Waals surface area contributed by atoms with Crippen LogP contribution in [0, 0.1) is 0 Å². The molecule has 1 fully saturated rings. The SMILES string of the molecule is Brc1cnc(C2CC2)c2ccccc12. The Bertz CT molecular complexity index is 489. The largest absolute Gasteiger partial charge is 0.259 e. The first-order chi connectivity index (χ1) is 6.86. The van der Waals surface area contributed by atoms with Gasteiger partial charge in [0.2, 0.25) is 0 Å². The molecule has 0 atom stereocenters. The summed E-state index contributed by atoms with van der Waals surface area (Å²) >= 11 is 3.54. The molecule has 0 amide bonds. The minimum Gasteiger partial charge on any atom is -0.259 e. The second-order valence-corrected chi connectivity index (χ2v) is 4.67. The van der Waals surface area contributed by atoms with Gasteiger partial charge in [-0.15, -0.1) is 0 Å². The Hall–Kier alpha value is -0.890. The van der Waals surface area contributed by atoms with E-state index in [9.17, 15) is 0 Å². The fraction of sp³-hybridized carbons (Fsp3) is 0.250. The van der Waals surface area contributed by atoms with Gasteiger partial charge in [-0.2, -0.15) is 0 Å². The molecule has 3 rings (SSSR count). The van der Waals surface area contributed by atoms with Crippen LogP contribution in [0.5, 0.6) is 0 Å². The van der Waals surface area contributed by atoms with Crippen LogP contribution in [0.1, 0.15) is 24.5 Å². The number of nitrogens with zero attached hydrogens (tertiary/aromatic N) is 1. The van der Waals surface area contributed by atoms with E-state index in [4.69, 9.17) is 0 Å². The summed E-state index contributed by atoms with van der Waals surface area (Å²) in [6, 6.07) is 8.47. The van der Waals surface area contributed by atoms with E-state index in [1.807, 2.05) is 6.20 Å². The third-order valence-corrected chi connectivity index (χ3v) is 3.37. The van der Waals surface area contributed by atoms with Crippen molar-refractivity contribution in [1.29, 1.82) is 0 Å². The number of fused-ring (bicyclic) bond motifs is 1. The lowest BCUT2D eigenvalue weighted by molar-refractivity contribution is 1.04. The fourth-order valence-electron chi connectivity index (χ4n) is 1.86. The predicted molar refractivity (Wildman–Crippen MR) is 61.4 cm³/mol. The Labute approximate surface area is 91.3 Å². The summed E-state index contributed by atoms with van der Waals surface area (Å²) in [5.74, 6) is 0.716. The molecule has 1 nitrogen and oxygen atoms in total. The van der Waals surface area contributed by atoms with Crippen LogP contribution in [-0.2, 0) is 0 Å². The van der Waals surface area contributed by atoms with Crippen molar-refractivity contribution < 1.29 is 0 Å². The van der Waals surface area contributed by atoms with Crippen LogP contribution in [-0.4, -0.2) is 4.98 Å². The molecule has 14 heavy (non-hydrogen) atoms. The Kier molecular flexibility index (Phi) is 1.84. The van der Waals surface area contributed by atoms with Gasteiger partial charge >= 0.3 is 0 Å². The van der Waals surface area contributed by atoms with Gasteiger partial charge in [0.25, 0.3) is 0 Å². The van der Waals surface area contributed by atoms with Crippen LogP contribution in [0.2, 0.25) is 0 Å². The number of pyridine rings is 1. The smallest absolute Gasteiger partial charge is 0.0513 e. The number of hydrogen-bond donors (Lipinski definition) is 0. The summed E-state index contributed by atoms with van der Waals surface area (Å²) in [7, 11) is 0. The molecule has 0 saturated heterocycles. The van der Waals surface area contributed by atoms with Crippen molar-refractivity contribution in [3.05, 3.63) is 40.6 Å². The van der Waals surface area contributed by atoms with E-state index in [2.05, 4.69) is 45.2 Å². The molecule has 0 N–H and O–H groups in total. The minimum absolute atomic E-state index is 0.716. The molecule has 1 heterocycles.